The molecule has 0 saturated carbocycles. The van der Waals surface area contributed by atoms with Gasteiger partial charge in [0.05, 0.1) is 16.5 Å². The van der Waals surface area contributed by atoms with E-state index in [9.17, 15) is 14.7 Å². The van der Waals surface area contributed by atoms with Crippen molar-refractivity contribution in [3.63, 3.8) is 0 Å². The van der Waals surface area contributed by atoms with Gasteiger partial charge in [-0.1, -0.05) is 26.0 Å². The third-order valence-corrected chi connectivity index (χ3v) is 3.96. The van der Waals surface area contributed by atoms with E-state index in [0.717, 1.165) is 0 Å². The summed E-state index contributed by atoms with van der Waals surface area (Å²) in [6, 6.07) is 10.6. The second-order valence-corrected chi connectivity index (χ2v) is 6.39. The van der Waals surface area contributed by atoms with Crippen molar-refractivity contribution in [1.82, 2.24) is 0 Å². The van der Waals surface area contributed by atoms with Crippen molar-refractivity contribution in [2.45, 2.75) is 20.3 Å². The fourth-order valence-corrected chi connectivity index (χ4v) is 2.81. The first-order valence-corrected chi connectivity index (χ1v) is 7.99. The maximum atomic E-state index is 13.0. The maximum Gasteiger partial charge on any atom is 0.335 e. The molecule has 0 saturated heterocycles. The zero-order valence-corrected chi connectivity index (χ0v) is 13.9. The summed E-state index contributed by atoms with van der Waals surface area (Å²) in [6.45, 7) is 4.04. The minimum atomic E-state index is -1.02. The minimum Gasteiger partial charge on any atom is -0.508 e. The maximum absolute atomic E-state index is 13.0. The highest BCUT2D eigenvalue weighted by Crippen LogP contribution is 2.28. The number of hydrogen-bond donors (Lipinski definition) is 2. The Labute approximate surface area is 144 Å². The molecule has 0 fully saturated rings. The van der Waals surface area contributed by atoms with Crippen LogP contribution in [0.3, 0.4) is 0 Å². The zero-order chi connectivity index (χ0) is 18.1. The quantitative estimate of drug-likeness (QED) is 0.749. The SMILES string of the molecule is CC(C)Cc1oc2cc(O)ccc2c(=O)c1-c1ccc(C(=O)O)cc1. The first-order valence-electron chi connectivity index (χ1n) is 7.99. The van der Waals surface area contributed by atoms with Crippen molar-refractivity contribution in [1.29, 1.82) is 0 Å². The van der Waals surface area contributed by atoms with Crippen LogP contribution in [0.1, 0.15) is 30.0 Å². The fraction of sp³-hybridized carbons (Fsp3) is 0.200. The number of hydrogen-bond acceptors (Lipinski definition) is 4. The molecule has 0 aliphatic rings. The molecule has 3 aromatic rings. The van der Waals surface area contributed by atoms with Gasteiger partial charge in [-0.25, -0.2) is 4.79 Å². The van der Waals surface area contributed by atoms with E-state index >= 15 is 0 Å². The molecule has 0 aliphatic carbocycles. The molecule has 0 unspecified atom stereocenters. The largest absolute Gasteiger partial charge is 0.508 e. The number of carboxylic acids is 1. The number of benzene rings is 2. The number of carbonyl (C=O) groups is 1. The first-order chi connectivity index (χ1) is 11.9. The third kappa shape index (κ3) is 3.26. The van der Waals surface area contributed by atoms with Gasteiger partial charge in [0.15, 0.2) is 0 Å². The van der Waals surface area contributed by atoms with Crippen molar-refractivity contribution in [3.8, 4) is 16.9 Å². The summed E-state index contributed by atoms with van der Waals surface area (Å²) >= 11 is 0. The monoisotopic (exact) mass is 338 g/mol. The third-order valence-electron chi connectivity index (χ3n) is 3.96. The molecule has 2 aromatic carbocycles. The summed E-state index contributed by atoms with van der Waals surface area (Å²) in [4.78, 5) is 24.0. The lowest BCUT2D eigenvalue weighted by atomic mass is 9.96. The number of aromatic carboxylic acids is 1. The second-order valence-electron chi connectivity index (χ2n) is 6.39. The lowest BCUT2D eigenvalue weighted by molar-refractivity contribution is 0.0697. The van der Waals surface area contributed by atoms with Crippen molar-refractivity contribution in [2.24, 2.45) is 5.92 Å². The topological polar surface area (TPSA) is 87.7 Å². The Kier molecular flexibility index (Phi) is 4.31. The van der Waals surface area contributed by atoms with Crippen LogP contribution in [0.4, 0.5) is 0 Å². The lowest BCUT2D eigenvalue weighted by Crippen LogP contribution is -2.11. The molecule has 5 nitrogen and oxygen atoms in total. The van der Waals surface area contributed by atoms with Crippen LogP contribution in [0.5, 0.6) is 5.75 Å². The summed E-state index contributed by atoms with van der Waals surface area (Å²) in [5.41, 5.74) is 1.35. The van der Waals surface area contributed by atoms with Crippen molar-refractivity contribution in [2.75, 3.05) is 0 Å². The van der Waals surface area contributed by atoms with Gasteiger partial charge in [0.2, 0.25) is 5.43 Å². The number of phenols is 1. The van der Waals surface area contributed by atoms with Crippen molar-refractivity contribution in [3.05, 3.63) is 64.0 Å². The summed E-state index contributed by atoms with van der Waals surface area (Å²) in [6.07, 6.45) is 0.552. The van der Waals surface area contributed by atoms with Crippen LogP contribution in [0, 0.1) is 5.92 Å². The molecule has 1 heterocycles. The molecule has 0 aliphatic heterocycles. The minimum absolute atomic E-state index is 0.0321. The molecular formula is C20H18O5. The Morgan fingerprint density at radius 2 is 1.80 bits per heavy atom. The molecule has 0 radical (unpaired) electrons. The molecule has 5 heteroatoms. The summed E-state index contributed by atoms with van der Waals surface area (Å²) in [5, 5.41) is 19.1. The number of fused-ring (bicyclic) bond motifs is 1. The highest BCUT2D eigenvalue weighted by molar-refractivity contribution is 5.89. The van der Waals surface area contributed by atoms with E-state index in [4.69, 9.17) is 9.52 Å². The predicted molar refractivity (Wildman–Crippen MR) is 95.1 cm³/mol. The van der Waals surface area contributed by atoms with Gasteiger partial charge in [-0.3, -0.25) is 4.79 Å². The van der Waals surface area contributed by atoms with E-state index in [0.29, 0.717) is 34.3 Å². The molecule has 0 spiro atoms. The van der Waals surface area contributed by atoms with E-state index in [2.05, 4.69) is 0 Å². The van der Waals surface area contributed by atoms with E-state index in [1.165, 1.54) is 30.3 Å². The zero-order valence-electron chi connectivity index (χ0n) is 13.9. The van der Waals surface area contributed by atoms with Gasteiger partial charge in [0.25, 0.3) is 0 Å². The summed E-state index contributed by atoms with van der Waals surface area (Å²) in [5.74, 6) is -0.198. The number of aromatic hydroxyl groups is 1. The van der Waals surface area contributed by atoms with Crippen LogP contribution in [-0.4, -0.2) is 16.2 Å². The molecule has 128 valence electrons. The second kappa shape index (κ2) is 6.43. The van der Waals surface area contributed by atoms with E-state index in [1.807, 2.05) is 13.8 Å². The molecule has 0 bridgehead atoms. The number of carboxylic acid groups (broad SMARTS) is 1. The standard InChI is InChI=1S/C20H18O5/c1-11(2)9-17-18(12-3-5-13(6-4-12)20(23)24)19(22)15-8-7-14(21)10-16(15)25-17/h3-8,10-11,21H,9H2,1-2H3,(H,23,24). The average molecular weight is 338 g/mol. The number of rotatable bonds is 4. The van der Waals surface area contributed by atoms with E-state index in [1.54, 1.807) is 12.1 Å². The van der Waals surface area contributed by atoms with Crippen LogP contribution >= 0.6 is 0 Å². The first kappa shape index (κ1) is 16.8. The molecule has 25 heavy (non-hydrogen) atoms. The van der Waals surface area contributed by atoms with Crippen LogP contribution in [0.25, 0.3) is 22.1 Å². The average Bonchev–Trinajstić information content (AvgIpc) is 2.54. The highest BCUT2D eigenvalue weighted by atomic mass is 16.4. The van der Waals surface area contributed by atoms with E-state index < -0.39 is 5.97 Å². The lowest BCUT2D eigenvalue weighted by Gasteiger charge is -2.12. The van der Waals surface area contributed by atoms with Gasteiger partial charge in [-0.2, -0.15) is 0 Å². The predicted octanol–water partition coefficient (Wildman–Crippen LogP) is 4.06. The van der Waals surface area contributed by atoms with Gasteiger partial charge in [-0.05, 0) is 35.7 Å². The van der Waals surface area contributed by atoms with Gasteiger partial charge in [0.1, 0.15) is 17.1 Å². The van der Waals surface area contributed by atoms with Gasteiger partial charge < -0.3 is 14.6 Å². The van der Waals surface area contributed by atoms with Crippen molar-refractivity contribution >= 4 is 16.9 Å². The smallest absolute Gasteiger partial charge is 0.335 e. The molecular weight excluding hydrogens is 320 g/mol. The molecule has 2 N–H and O–H groups in total. The van der Waals surface area contributed by atoms with Crippen LogP contribution < -0.4 is 5.43 Å². The highest BCUT2D eigenvalue weighted by Gasteiger charge is 2.18. The van der Waals surface area contributed by atoms with Crippen LogP contribution in [0.15, 0.2) is 51.7 Å². The molecule has 0 amide bonds. The molecule has 1 aromatic heterocycles. The van der Waals surface area contributed by atoms with Crippen molar-refractivity contribution < 1.29 is 19.4 Å². The fourth-order valence-electron chi connectivity index (χ4n) is 2.81. The Bertz CT molecular complexity index is 997. The summed E-state index contributed by atoms with van der Waals surface area (Å²) in [7, 11) is 0. The van der Waals surface area contributed by atoms with Gasteiger partial charge >= 0.3 is 5.97 Å². The molecule has 3 rings (SSSR count). The Hall–Kier alpha value is -3.08. The Morgan fingerprint density at radius 1 is 1.12 bits per heavy atom. The van der Waals surface area contributed by atoms with Gasteiger partial charge in [-0.15, -0.1) is 0 Å². The van der Waals surface area contributed by atoms with E-state index in [-0.39, 0.29) is 22.7 Å². The summed E-state index contributed by atoms with van der Waals surface area (Å²) < 4.78 is 5.92. The van der Waals surface area contributed by atoms with Gasteiger partial charge in [0, 0.05) is 12.5 Å². The van der Waals surface area contributed by atoms with Crippen LogP contribution in [-0.2, 0) is 6.42 Å². The number of phenolic OH excluding ortho intramolecular Hbond substituents is 1. The normalized spacial score (nSPS) is 11.2. The Balaban J connectivity index is 2.27. The van der Waals surface area contributed by atoms with Crippen LogP contribution in [0.2, 0.25) is 0 Å². The Morgan fingerprint density at radius 3 is 2.40 bits per heavy atom. The molecule has 0 atom stereocenters.